The van der Waals surface area contributed by atoms with Crippen LogP contribution in [0, 0.1) is 23.7 Å². The van der Waals surface area contributed by atoms with Crippen LogP contribution >= 0.6 is 0 Å². The smallest absolute Gasteiger partial charge is 0.0110 e. The van der Waals surface area contributed by atoms with E-state index in [4.69, 9.17) is 0 Å². The predicted octanol–water partition coefficient (Wildman–Crippen LogP) is 5.39. The van der Waals surface area contributed by atoms with Crippen molar-refractivity contribution in [3.8, 4) is 0 Å². The molecule has 0 atom stereocenters. The molecule has 3 saturated heterocycles. The Balaban J connectivity index is 0.000000241. The Kier molecular flexibility index (Phi) is 16.2. The van der Waals surface area contributed by atoms with E-state index in [0.717, 1.165) is 23.7 Å². The first-order chi connectivity index (χ1) is 15.2. The predicted molar refractivity (Wildman–Crippen MR) is 144 cm³/mol. The number of piperazine rings is 1. The van der Waals surface area contributed by atoms with Gasteiger partial charge in [-0.15, -0.1) is 0 Å². The van der Waals surface area contributed by atoms with E-state index in [1.54, 1.807) is 0 Å². The van der Waals surface area contributed by atoms with Gasteiger partial charge in [0.15, 0.2) is 0 Å². The van der Waals surface area contributed by atoms with E-state index in [0.29, 0.717) is 0 Å². The zero-order chi connectivity index (χ0) is 23.9. The van der Waals surface area contributed by atoms with Crippen molar-refractivity contribution >= 4 is 0 Å². The van der Waals surface area contributed by atoms with Gasteiger partial charge in [-0.1, -0.05) is 54.9 Å². The molecule has 0 radical (unpaired) electrons. The lowest BCUT2D eigenvalue weighted by atomic mass is 9.87. The maximum absolute atomic E-state index is 2.59. The van der Waals surface area contributed by atoms with Crippen LogP contribution in [0.2, 0.25) is 0 Å². The highest BCUT2D eigenvalue weighted by atomic mass is 15.3. The Labute approximate surface area is 203 Å². The maximum Gasteiger partial charge on any atom is 0.0110 e. The van der Waals surface area contributed by atoms with Crippen molar-refractivity contribution < 1.29 is 0 Å². The van der Waals surface area contributed by atoms with Crippen LogP contribution in [0.1, 0.15) is 80.6 Å². The molecule has 0 amide bonds. The fourth-order valence-corrected chi connectivity index (χ4v) is 5.16. The second-order valence-corrected chi connectivity index (χ2v) is 11.8. The summed E-state index contributed by atoms with van der Waals surface area (Å²) in [4.78, 5) is 10.1. The average molecular weight is 453 g/mol. The Bertz CT molecular complexity index is 415. The van der Waals surface area contributed by atoms with Gasteiger partial charge in [0, 0.05) is 39.3 Å². The molecule has 0 saturated carbocycles. The highest BCUT2D eigenvalue weighted by Gasteiger charge is 2.19. The standard InChI is InChI=1S/C10H22N2.2C9H19N/c1-4-11-5-7-12(8-6-11)9-10(2)3;1-8(2)9-4-6-10(3)7-5-9;1-9(2)8-10-6-4-3-5-7-10/h10H,4-9H2,1-3H3;8-9H,4-7H2,1-3H3;9H,3-8H2,1-2H3. The molecule has 0 N–H and O–H groups in total. The van der Waals surface area contributed by atoms with Gasteiger partial charge in [0.25, 0.3) is 0 Å². The lowest BCUT2D eigenvalue weighted by Gasteiger charge is -2.34. The Morgan fingerprint density at radius 3 is 1.44 bits per heavy atom. The number of rotatable bonds is 6. The van der Waals surface area contributed by atoms with Gasteiger partial charge in [-0.3, -0.25) is 0 Å². The van der Waals surface area contributed by atoms with Crippen LogP contribution in [0.5, 0.6) is 0 Å². The number of hydrogen-bond donors (Lipinski definition) is 0. The van der Waals surface area contributed by atoms with Crippen molar-refractivity contribution in [1.29, 1.82) is 0 Å². The Morgan fingerprint density at radius 2 is 1.03 bits per heavy atom. The highest BCUT2D eigenvalue weighted by Crippen LogP contribution is 2.23. The highest BCUT2D eigenvalue weighted by molar-refractivity contribution is 4.72. The van der Waals surface area contributed by atoms with Crippen molar-refractivity contribution in [1.82, 2.24) is 19.6 Å². The largest absolute Gasteiger partial charge is 0.306 e. The van der Waals surface area contributed by atoms with E-state index >= 15 is 0 Å². The van der Waals surface area contributed by atoms with Crippen LogP contribution < -0.4 is 0 Å². The second kappa shape index (κ2) is 17.3. The molecule has 3 rings (SSSR count). The summed E-state index contributed by atoms with van der Waals surface area (Å²) >= 11 is 0. The molecule has 3 heterocycles. The molecule has 3 fully saturated rings. The summed E-state index contributed by atoms with van der Waals surface area (Å²) in [5.74, 6) is 3.56. The summed E-state index contributed by atoms with van der Waals surface area (Å²) in [7, 11) is 2.22. The first-order valence-electron chi connectivity index (χ1n) is 14.1. The minimum Gasteiger partial charge on any atom is -0.306 e. The van der Waals surface area contributed by atoms with Gasteiger partial charge in [0.1, 0.15) is 0 Å². The third-order valence-corrected chi connectivity index (χ3v) is 7.31. The number of nitrogens with zero attached hydrogens (tertiary/aromatic N) is 4. The monoisotopic (exact) mass is 452 g/mol. The van der Waals surface area contributed by atoms with Crippen LogP contribution in [0.25, 0.3) is 0 Å². The van der Waals surface area contributed by atoms with Gasteiger partial charge in [-0.05, 0) is 89.1 Å². The number of likely N-dealkylation sites (N-methyl/N-ethyl adjacent to an activating group) is 1. The van der Waals surface area contributed by atoms with Gasteiger partial charge in [-0.25, -0.2) is 0 Å². The van der Waals surface area contributed by atoms with Gasteiger partial charge >= 0.3 is 0 Å². The van der Waals surface area contributed by atoms with Crippen LogP contribution in [0.15, 0.2) is 0 Å². The number of piperidine rings is 2. The minimum absolute atomic E-state index is 0.818. The maximum atomic E-state index is 2.59. The molecule has 4 heteroatoms. The van der Waals surface area contributed by atoms with Gasteiger partial charge in [0.2, 0.25) is 0 Å². The van der Waals surface area contributed by atoms with Crippen LogP contribution in [0.3, 0.4) is 0 Å². The first kappa shape index (κ1) is 29.9. The van der Waals surface area contributed by atoms with Crippen LogP contribution in [0.4, 0.5) is 0 Å². The molecule has 0 aromatic rings. The summed E-state index contributed by atoms with van der Waals surface area (Å²) in [6.07, 6.45) is 7.12. The van der Waals surface area contributed by atoms with Crippen molar-refractivity contribution in [3.63, 3.8) is 0 Å². The minimum atomic E-state index is 0.818. The van der Waals surface area contributed by atoms with Crippen LogP contribution in [-0.2, 0) is 0 Å². The molecule has 0 aliphatic carbocycles. The van der Waals surface area contributed by atoms with Crippen molar-refractivity contribution in [3.05, 3.63) is 0 Å². The zero-order valence-electron chi connectivity index (χ0n) is 23.4. The summed E-state index contributed by atoms with van der Waals surface area (Å²) in [6, 6.07) is 0. The molecule has 3 aliphatic heterocycles. The second-order valence-electron chi connectivity index (χ2n) is 11.8. The molecular formula is C28H60N4. The van der Waals surface area contributed by atoms with Gasteiger partial charge in [0.05, 0.1) is 0 Å². The summed E-state index contributed by atoms with van der Waals surface area (Å²) < 4.78 is 0. The summed E-state index contributed by atoms with van der Waals surface area (Å²) in [5.41, 5.74) is 0. The van der Waals surface area contributed by atoms with E-state index in [1.165, 1.54) is 104 Å². The quantitative estimate of drug-likeness (QED) is 0.535. The Hall–Kier alpha value is -0.160. The normalized spacial score (nSPS) is 22.6. The molecule has 0 aromatic heterocycles. The Morgan fingerprint density at radius 1 is 0.594 bits per heavy atom. The summed E-state index contributed by atoms with van der Waals surface area (Å²) in [6.45, 7) is 30.3. The van der Waals surface area contributed by atoms with E-state index in [-0.39, 0.29) is 0 Å². The molecule has 192 valence electrons. The topological polar surface area (TPSA) is 13.0 Å². The van der Waals surface area contributed by atoms with Crippen molar-refractivity contribution in [2.75, 3.05) is 79.0 Å². The number of hydrogen-bond acceptors (Lipinski definition) is 4. The molecule has 4 nitrogen and oxygen atoms in total. The van der Waals surface area contributed by atoms with E-state index < -0.39 is 0 Å². The molecule has 0 spiro atoms. The SMILES string of the molecule is CC(C)C1CCN(C)CC1.CC(C)CN1CCCCC1.CCN1CCN(CC(C)C)CC1. The fourth-order valence-electron chi connectivity index (χ4n) is 5.16. The lowest BCUT2D eigenvalue weighted by molar-refractivity contribution is 0.127. The molecule has 0 unspecified atom stereocenters. The lowest BCUT2D eigenvalue weighted by Crippen LogP contribution is -2.47. The van der Waals surface area contributed by atoms with E-state index in [9.17, 15) is 0 Å². The van der Waals surface area contributed by atoms with E-state index in [2.05, 4.69) is 75.1 Å². The van der Waals surface area contributed by atoms with Gasteiger partial charge in [-0.2, -0.15) is 0 Å². The molecular weight excluding hydrogens is 392 g/mol. The fraction of sp³-hybridized carbons (Fsp3) is 1.00. The van der Waals surface area contributed by atoms with Crippen molar-refractivity contribution in [2.45, 2.75) is 80.6 Å². The van der Waals surface area contributed by atoms with Crippen LogP contribution in [-0.4, -0.2) is 98.6 Å². The van der Waals surface area contributed by atoms with Gasteiger partial charge < -0.3 is 19.6 Å². The zero-order valence-corrected chi connectivity index (χ0v) is 23.4. The summed E-state index contributed by atoms with van der Waals surface area (Å²) in [5, 5.41) is 0. The third kappa shape index (κ3) is 14.2. The number of likely N-dealkylation sites (tertiary alicyclic amines) is 2. The third-order valence-electron chi connectivity index (χ3n) is 7.31. The van der Waals surface area contributed by atoms with Crippen molar-refractivity contribution in [2.24, 2.45) is 23.7 Å². The average Bonchev–Trinajstić information content (AvgIpc) is 2.75. The van der Waals surface area contributed by atoms with E-state index in [1.807, 2.05) is 0 Å². The molecule has 0 aromatic carbocycles. The molecule has 32 heavy (non-hydrogen) atoms. The first-order valence-corrected chi connectivity index (χ1v) is 14.1. The molecule has 3 aliphatic rings. The molecule has 0 bridgehead atoms.